The molecule has 3 nitrogen and oxygen atoms in total. The summed E-state index contributed by atoms with van der Waals surface area (Å²) in [7, 11) is -3.76. The van der Waals surface area contributed by atoms with Crippen LogP contribution in [0.1, 0.15) is 20.3 Å². The van der Waals surface area contributed by atoms with Crippen LogP contribution in [0.25, 0.3) is 0 Å². The third-order valence-corrected chi connectivity index (χ3v) is 6.09. The van der Waals surface area contributed by atoms with Gasteiger partial charge in [-0.1, -0.05) is 68.9 Å². The Hall–Kier alpha value is 0.670. The largest absolute Gasteiger partial charge is 0.243 e. The third kappa shape index (κ3) is 4.85. The van der Waals surface area contributed by atoms with Crippen molar-refractivity contribution in [3.8, 4) is 0 Å². The summed E-state index contributed by atoms with van der Waals surface area (Å²) in [6.45, 7) is 3.92. The van der Waals surface area contributed by atoms with Crippen molar-refractivity contribution in [3.63, 3.8) is 0 Å². The molecule has 0 fully saturated rings. The first-order valence-electron chi connectivity index (χ1n) is 5.92. The first-order valence-corrected chi connectivity index (χ1v) is 10.1. The number of hydrogen-bond donors (Lipinski definition) is 1. The summed E-state index contributed by atoms with van der Waals surface area (Å²) in [5, 5.41) is 0.900. The zero-order valence-electron chi connectivity index (χ0n) is 11.0. The Kier molecular flexibility index (Phi) is 7.29. The number of alkyl halides is 1. The van der Waals surface area contributed by atoms with Crippen molar-refractivity contribution >= 4 is 65.1 Å². The summed E-state index contributed by atoms with van der Waals surface area (Å²) in [6, 6.07) is 2.84. The maximum Gasteiger partial charge on any atom is 0.243 e. The number of hydrogen-bond acceptors (Lipinski definition) is 2. The van der Waals surface area contributed by atoms with Crippen molar-refractivity contribution in [1.29, 1.82) is 0 Å². The van der Waals surface area contributed by atoms with Crippen LogP contribution in [0.15, 0.2) is 21.5 Å². The number of halogens is 4. The second kappa shape index (κ2) is 7.79. The van der Waals surface area contributed by atoms with Crippen LogP contribution in [-0.4, -0.2) is 19.8 Å². The van der Waals surface area contributed by atoms with E-state index in [1.165, 1.54) is 12.1 Å². The van der Waals surface area contributed by atoms with Gasteiger partial charge in [0.05, 0.1) is 10.0 Å². The van der Waals surface area contributed by atoms with Gasteiger partial charge in [0.25, 0.3) is 0 Å². The highest BCUT2D eigenvalue weighted by atomic mass is 79.9. The lowest BCUT2D eigenvalue weighted by molar-refractivity contribution is 0.440. The minimum absolute atomic E-state index is 0.0794. The Morgan fingerprint density at radius 2 is 1.75 bits per heavy atom. The molecule has 0 aromatic heterocycles. The van der Waals surface area contributed by atoms with Crippen molar-refractivity contribution < 1.29 is 8.42 Å². The molecule has 8 heteroatoms. The molecule has 0 radical (unpaired) electrons. The minimum atomic E-state index is -3.76. The molecule has 0 amide bonds. The van der Waals surface area contributed by atoms with E-state index >= 15 is 0 Å². The Labute approximate surface area is 146 Å². The van der Waals surface area contributed by atoms with Gasteiger partial charge in [-0.05, 0) is 24.5 Å². The van der Waals surface area contributed by atoms with E-state index in [0.717, 1.165) is 0 Å². The van der Waals surface area contributed by atoms with Gasteiger partial charge in [0.15, 0.2) is 0 Å². The lowest BCUT2D eigenvalue weighted by Crippen LogP contribution is -2.39. The molecular formula is C12H15Br2Cl2NO2S. The lowest BCUT2D eigenvalue weighted by atomic mass is 10.0. The van der Waals surface area contributed by atoms with Crippen LogP contribution in [0.3, 0.4) is 0 Å². The van der Waals surface area contributed by atoms with Gasteiger partial charge < -0.3 is 0 Å². The summed E-state index contributed by atoms with van der Waals surface area (Å²) >= 11 is 18.6. The standard InChI is InChI=1S/C12H15Br2Cl2NO2S/c1-7(2)11(3-4-13)17-20(18,19)12-9(15)5-8(14)6-10(12)16/h5-7,11,17H,3-4H2,1-2H3. The zero-order chi connectivity index (χ0) is 15.5. The molecule has 1 rings (SSSR count). The van der Waals surface area contributed by atoms with Crippen LogP contribution < -0.4 is 4.72 Å². The van der Waals surface area contributed by atoms with Crippen LogP contribution in [0.4, 0.5) is 0 Å². The monoisotopic (exact) mass is 465 g/mol. The summed E-state index contributed by atoms with van der Waals surface area (Å²) in [5.74, 6) is 0.162. The zero-order valence-corrected chi connectivity index (χ0v) is 16.5. The van der Waals surface area contributed by atoms with Gasteiger partial charge >= 0.3 is 0 Å². The Morgan fingerprint density at radius 1 is 1.25 bits per heavy atom. The average molecular weight is 468 g/mol. The highest BCUT2D eigenvalue weighted by Gasteiger charge is 2.26. The predicted molar refractivity (Wildman–Crippen MR) is 91.5 cm³/mol. The number of nitrogens with one attached hydrogen (secondary N) is 1. The maximum atomic E-state index is 12.5. The first-order chi connectivity index (χ1) is 9.19. The van der Waals surface area contributed by atoms with E-state index in [2.05, 4.69) is 36.6 Å². The normalized spacial score (nSPS) is 13.8. The lowest BCUT2D eigenvalue weighted by Gasteiger charge is -2.22. The second-order valence-electron chi connectivity index (χ2n) is 4.65. The second-order valence-corrected chi connectivity index (χ2v) is 8.82. The van der Waals surface area contributed by atoms with Crippen LogP contribution in [0, 0.1) is 5.92 Å². The van der Waals surface area contributed by atoms with E-state index in [0.29, 0.717) is 16.2 Å². The molecule has 0 heterocycles. The van der Waals surface area contributed by atoms with Gasteiger partial charge in [0.1, 0.15) is 4.90 Å². The Morgan fingerprint density at radius 3 is 2.15 bits per heavy atom. The Bertz CT molecular complexity index is 556. The highest BCUT2D eigenvalue weighted by molar-refractivity contribution is 9.10. The van der Waals surface area contributed by atoms with Crippen molar-refractivity contribution in [1.82, 2.24) is 4.72 Å². The fourth-order valence-corrected chi connectivity index (χ4v) is 5.54. The van der Waals surface area contributed by atoms with E-state index in [1.807, 2.05) is 13.8 Å². The van der Waals surface area contributed by atoms with Crippen molar-refractivity contribution in [2.75, 3.05) is 5.33 Å². The fourth-order valence-electron chi connectivity index (χ4n) is 1.69. The number of sulfonamides is 1. The summed E-state index contributed by atoms with van der Waals surface area (Å²) in [6.07, 6.45) is 0.683. The van der Waals surface area contributed by atoms with E-state index in [4.69, 9.17) is 23.2 Å². The smallest absolute Gasteiger partial charge is 0.208 e. The highest BCUT2D eigenvalue weighted by Crippen LogP contribution is 2.33. The molecule has 0 bridgehead atoms. The van der Waals surface area contributed by atoms with Crippen molar-refractivity contribution in [2.24, 2.45) is 5.92 Å². The summed E-state index contributed by atoms with van der Waals surface area (Å²) < 4.78 is 28.2. The predicted octanol–water partition coefficient (Wildman–Crippen LogP) is 4.84. The van der Waals surface area contributed by atoms with Crippen LogP contribution in [0.2, 0.25) is 10.0 Å². The molecule has 20 heavy (non-hydrogen) atoms. The van der Waals surface area contributed by atoms with Gasteiger partial charge in [-0.3, -0.25) is 0 Å². The topological polar surface area (TPSA) is 46.2 Å². The van der Waals surface area contributed by atoms with Crippen LogP contribution in [0.5, 0.6) is 0 Å². The van der Waals surface area contributed by atoms with E-state index in [-0.39, 0.29) is 26.9 Å². The van der Waals surface area contributed by atoms with Crippen molar-refractivity contribution in [2.45, 2.75) is 31.2 Å². The van der Waals surface area contributed by atoms with E-state index in [9.17, 15) is 8.42 Å². The van der Waals surface area contributed by atoms with E-state index < -0.39 is 10.0 Å². The summed E-state index contributed by atoms with van der Waals surface area (Å²) in [5.41, 5.74) is 0. The van der Waals surface area contributed by atoms with Gasteiger partial charge in [0, 0.05) is 15.8 Å². The van der Waals surface area contributed by atoms with Gasteiger partial charge in [-0.25, -0.2) is 13.1 Å². The molecule has 1 atom stereocenters. The molecule has 0 saturated heterocycles. The molecule has 1 aromatic rings. The minimum Gasteiger partial charge on any atom is -0.208 e. The van der Waals surface area contributed by atoms with Gasteiger partial charge in [-0.2, -0.15) is 0 Å². The average Bonchev–Trinajstić information content (AvgIpc) is 2.25. The van der Waals surface area contributed by atoms with Crippen molar-refractivity contribution in [3.05, 3.63) is 26.7 Å². The molecular weight excluding hydrogens is 453 g/mol. The number of benzene rings is 1. The van der Waals surface area contributed by atoms with Gasteiger partial charge in [-0.15, -0.1) is 0 Å². The molecule has 114 valence electrons. The molecule has 1 N–H and O–H groups in total. The molecule has 0 saturated carbocycles. The fraction of sp³-hybridized carbons (Fsp3) is 0.500. The molecule has 1 unspecified atom stereocenters. The maximum absolute atomic E-state index is 12.5. The van der Waals surface area contributed by atoms with Crippen LogP contribution >= 0.6 is 55.1 Å². The molecule has 0 aliphatic heterocycles. The van der Waals surface area contributed by atoms with Crippen LogP contribution in [-0.2, 0) is 10.0 Å². The first kappa shape index (κ1) is 18.7. The molecule has 1 aromatic carbocycles. The number of rotatable bonds is 6. The van der Waals surface area contributed by atoms with Gasteiger partial charge in [0.2, 0.25) is 10.0 Å². The Balaban J connectivity index is 3.17. The molecule has 0 aliphatic carbocycles. The summed E-state index contributed by atoms with van der Waals surface area (Å²) in [4.78, 5) is -0.0794. The quantitative estimate of drug-likeness (QED) is 0.608. The molecule has 0 aliphatic rings. The molecule has 0 spiro atoms. The van der Waals surface area contributed by atoms with E-state index in [1.54, 1.807) is 0 Å². The SMILES string of the molecule is CC(C)C(CCBr)NS(=O)(=O)c1c(Cl)cc(Br)cc1Cl. The third-order valence-electron chi connectivity index (χ3n) is 2.76.